The first-order valence-corrected chi connectivity index (χ1v) is 9.01. The van der Waals surface area contributed by atoms with Crippen molar-refractivity contribution in [3.63, 3.8) is 0 Å². The molecule has 0 aromatic heterocycles. The molecule has 7 unspecified atom stereocenters. The maximum Gasteiger partial charge on any atom is 0.310 e. The minimum Gasteiger partial charge on any atom is -0.465 e. The highest BCUT2D eigenvalue weighted by atomic mass is 16.6. The molecule has 0 spiro atoms. The van der Waals surface area contributed by atoms with Crippen molar-refractivity contribution in [3.8, 4) is 0 Å². The van der Waals surface area contributed by atoms with E-state index in [2.05, 4.69) is 13.8 Å². The second-order valence-electron chi connectivity index (χ2n) is 7.99. The molecule has 0 radical (unpaired) electrons. The molecule has 4 rings (SSSR count). The Balaban J connectivity index is 1.45. The van der Waals surface area contributed by atoms with Gasteiger partial charge in [0.2, 0.25) is 0 Å². The minimum atomic E-state index is -0.323. The summed E-state index contributed by atoms with van der Waals surface area (Å²) in [5.74, 6) is 0.961. The van der Waals surface area contributed by atoms with Crippen LogP contribution < -0.4 is 0 Å². The van der Waals surface area contributed by atoms with E-state index >= 15 is 0 Å². The first-order valence-electron chi connectivity index (χ1n) is 9.01. The molecular weight excluding hydrogens is 296 g/mol. The van der Waals surface area contributed by atoms with Gasteiger partial charge in [-0.15, -0.1) is 0 Å². The molecule has 1 heterocycles. The molecule has 0 aromatic carbocycles. The van der Waals surface area contributed by atoms with Crippen molar-refractivity contribution < 1.29 is 23.8 Å². The van der Waals surface area contributed by atoms with Crippen molar-refractivity contribution in [2.24, 2.45) is 41.4 Å². The fourth-order valence-corrected chi connectivity index (χ4v) is 4.66. The van der Waals surface area contributed by atoms with Crippen LogP contribution in [-0.4, -0.2) is 37.9 Å². The second-order valence-corrected chi connectivity index (χ2v) is 7.99. The molecule has 3 saturated carbocycles. The number of epoxide rings is 1. The van der Waals surface area contributed by atoms with Gasteiger partial charge in [-0.05, 0) is 48.9 Å². The van der Waals surface area contributed by atoms with Gasteiger partial charge in [0.05, 0.1) is 25.0 Å². The Bertz CT molecular complexity index is 452. The summed E-state index contributed by atoms with van der Waals surface area (Å²) in [6.45, 7) is 5.92. The number of ether oxygens (including phenoxy) is 3. The van der Waals surface area contributed by atoms with Gasteiger partial charge in [0.25, 0.3) is 0 Å². The molecule has 0 N–H and O–H groups in total. The predicted octanol–water partition coefficient (Wildman–Crippen LogP) is 2.04. The number of esters is 2. The number of carbonyl (C=O) groups excluding carboxylic acids is 2. The van der Waals surface area contributed by atoms with Gasteiger partial charge in [-0.3, -0.25) is 9.59 Å². The molecule has 1 aliphatic heterocycles. The second kappa shape index (κ2) is 5.76. The lowest BCUT2D eigenvalue weighted by molar-refractivity contribution is -0.166. The third-order valence-corrected chi connectivity index (χ3v) is 6.55. The highest BCUT2D eigenvalue weighted by Gasteiger charge is 2.61. The van der Waals surface area contributed by atoms with Crippen molar-refractivity contribution >= 4 is 11.9 Å². The molecular formula is C18H26O5. The van der Waals surface area contributed by atoms with Crippen LogP contribution in [0.25, 0.3) is 0 Å². The van der Waals surface area contributed by atoms with E-state index in [4.69, 9.17) is 14.2 Å². The Hall–Kier alpha value is -1.10. The van der Waals surface area contributed by atoms with Crippen molar-refractivity contribution in [2.45, 2.75) is 39.2 Å². The van der Waals surface area contributed by atoms with E-state index in [1.54, 1.807) is 0 Å². The average molecular weight is 322 g/mol. The normalized spacial score (nSPS) is 44.2. The summed E-state index contributed by atoms with van der Waals surface area (Å²) >= 11 is 0. The molecule has 128 valence electrons. The van der Waals surface area contributed by atoms with Crippen molar-refractivity contribution in [2.75, 3.05) is 19.8 Å². The number of rotatable bonds is 6. The van der Waals surface area contributed by atoms with Gasteiger partial charge in [0, 0.05) is 0 Å². The monoisotopic (exact) mass is 322 g/mol. The molecule has 5 nitrogen and oxygen atoms in total. The van der Waals surface area contributed by atoms with Crippen LogP contribution in [0.5, 0.6) is 0 Å². The molecule has 0 amide bonds. The fourth-order valence-electron chi connectivity index (χ4n) is 4.66. The highest BCUT2D eigenvalue weighted by molar-refractivity contribution is 5.84. The molecule has 23 heavy (non-hydrogen) atoms. The topological polar surface area (TPSA) is 65.1 Å². The van der Waals surface area contributed by atoms with E-state index in [9.17, 15) is 9.59 Å². The Morgan fingerprint density at radius 1 is 0.957 bits per heavy atom. The van der Waals surface area contributed by atoms with Gasteiger partial charge in [-0.1, -0.05) is 13.8 Å². The van der Waals surface area contributed by atoms with Crippen molar-refractivity contribution in [3.05, 3.63) is 0 Å². The van der Waals surface area contributed by atoms with E-state index in [1.165, 1.54) is 0 Å². The van der Waals surface area contributed by atoms with E-state index < -0.39 is 0 Å². The van der Waals surface area contributed by atoms with Crippen LogP contribution in [0.2, 0.25) is 0 Å². The fraction of sp³-hybridized carbons (Fsp3) is 0.889. The Morgan fingerprint density at radius 2 is 1.48 bits per heavy atom. The van der Waals surface area contributed by atoms with Gasteiger partial charge in [-0.2, -0.15) is 0 Å². The van der Waals surface area contributed by atoms with Gasteiger partial charge < -0.3 is 14.2 Å². The molecule has 7 atom stereocenters. The van der Waals surface area contributed by atoms with Crippen LogP contribution in [0, 0.1) is 41.4 Å². The van der Waals surface area contributed by atoms with E-state index in [-0.39, 0.29) is 41.7 Å². The molecule has 3 aliphatic carbocycles. The van der Waals surface area contributed by atoms with Crippen molar-refractivity contribution in [1.82, 2.24) is 0 Å². The van der Waals surface area contributed by atoms with Gasteiger partial charge in [-0.25, -0.2) is 0 Å². The zero-order chi connectivity index (χ0) is 16.1. The quantitative estimate of drug-likeness (QED) is 0.553. The van der Waals surface area contributed by atoms with E-state index in [1.807, 2.05) is 0 Å². The predicted molar refractivity (Wildman–Crippen MR) is 81.3 cm³/mol. The van der Waals surface area contributed by atoms with Gasteiger partial charge >= 0.3 is 11.9 Å². The van der Waals surface area contributed by atoms with E-state index in [0.717, 1.165) is 19.3 Å². The number of hydrogen-bond acceptors (Lipinski definition) is 5. The van der Waals surface area contributed by atoms with Crippen LogP contribution >= 0.6 is 0 Å². The van der Waals surface area contributed by atoms with Crippen LogP contribution in [0.1, 0.15) is 33.1 Å². The Morgan fingerprint density at radius 3 is 1.96 bits per heavy atom. The average Bonchev–Trinajstić information content (AvgIpc) is 3.45. The smallest absolute Gasteiger partial charge is 0.310 e. The third kappa shape index (κ3) is 2.88. The summed E-state index contributed by atoms with van der Waals surface area (Å²) in [7, 11) is 0. The maximum absolute atomic E-state index is 12.6. The molecule has 4 aliphatic rings. The molecule has 0 aromatic rings. The summed E-state index contributed by atoms with van der Waals surface area (Å²) in [6.07, 6.45) is 3.33. The maximum atomic E-state index is 12.6. The zero-order valence-corrected chi connectivity index (χ0v) is 13.9. The van der Waals surface area contributed by atoms with Crippen LogP contribution in [0.3, 0.4) is 0 Å². The van der Waals surface area contributed by atoms with Crippen LogP contribution in [0.15, 0.2) is 0 Å². The number of fused-ring (bicyclic) bond motifs is 2. The van der Waals surface area contributed by atoms with Gasteiger partial charge in [0.1, 0.15) is 12.7 Å². The highest BCUT2D eigenvalue weighted by Crippen LogP contribution is 2.58. The van der Waals surface area contributed by atoms with Crippen molar-refractivity contribution in [1.29, 1.82) is 0 Å². The molecule has 1 saturated heterocycles. The first kappa shape index (κ1) is 15.4. The lowest BCUT2D eigenvalue weighted by Crippen LogP contribution is -2.42. The summed E-state index contributed by atoms with van der Waals surface area (Å²) in [5.41, 5.74) is 0. The standard InChI is InChI=1S/C18H26O5/c1-9-10(2)14-5-13(9)15(17(19)22-6-11-3-4-11)16(14)18(20)23-8-12-7-21-12/h9-16H,3-8H2,1-2H3. The van der Waals surface area contributed by atoms with E-state index in [0.29, 0.717) is 37.6 Å². The lowest BCUT2D eigenvalue weighted by Gasteiger charge is -2.35. The largest absolute Gasteiger partial charge is 0.465 e. The minimum absolute atomic E-state index is 0.0640. The first-order chi connectivity index (χ1) is 11.1. The summed E-state index contributed by atoms with van der Waals surface area (Å²) in [5, 5.41) is 0. The zero-order valence-electron chi connectivity index (χ0n) is 13.9. The third-order valence-electron chi connectivity index (χ3n) is 6.55. The summed E-state index contributed by atoms with van der Waals surface area (Å²) in [4.78, 5) is 25.2. The van der Waals surface area contributed by atoms with Crippen LogP contribution in [0.4, 0.5) is 0 Å². The number of hydrogen-bond donors (Lipinski definition) is 0. The molecule has 2 bridgehead atoms. The summed E-state index contributed by atoms with van der Waals surface area (Å²) < 4.78 is 16.1. The number of carbonyl (C=O) groups is 2. The Labute approximate surface area is 137 Å². The van der Waals surface area contributed by atoms with Crippen LogP contribution in [-0.2, 0) is 23.8 Å². The Kier molecular flexibility index (Phi) is 3.87. The SMILES string of the molecule is CC1C(C)C2CC1C(C(=O)OCC1CC1)C2C(=O)OCC1CO1. The van der Waals surface area contributed by atoms with Gasteiger partial charge in [0.15, 0.2) is 0 Å². The molecule has 5 heteroatoms. The lowest BCUT2D eigenvalue weighted by atomic mass is 9.69. The summed E-state index contributed by atoms with van der Waals surface area (Å²) in [6, 6.07) is 0. The molecule has 4 fully saturated rings.